The number of rotatable bonds is 12. The Morgan fingerprint density at radius 3 is 2.19 bits per heavy atom. The molecule has 0 aliphatic rings. The zero-order valence-corrected chi connectivity index (χ0v) is 23.5. The molecular formula is C25H33Cl2N3O5S. The maximum absolute atomic E-state index is 13.7. The molecule has 1 N–H and O–H groups in total. The molecule has 11 heteroatoms. The van der Waals surface area contributed by atoms with E-state index in [9.17, 15) is 18.0 Å². The monoisotopic (exact) mass is 557 g/mol. The van der Waals surface area contributed by atoms with E-state index >= 15 is 0 Å². The molecule has 0 spiro atoms. The lowest BCUT2D eigenvalue weighted by Gasteiger charge is -2.32. The van der Waals surface area contributed by atoms with Gasteiger partial charge in [-0.05, 0) is 44.0 Å². The molecule has 2 amide bonds. The number of para-hydroxylation sites is 2. The highest BCUT2D eigenvalue weighted by molar-refractivity contribution is 7.92. The zero-order chi connectivity index (χ0) is 27.0. The molecular weight excluding hydrogens is 525 g/mol. The fourth-order valence-corrected chi connectivity index (χ4v) is 4.79. The van der Waals surface area contributed by atoms with E-state index in [1.165, 1.54) is 4.90 Å². The van der Waals surface area contributed by atoms with Gasteiger partial charge in [-0.3, -0.25) is 13.9 Å². The summed E-state index contributed by atoms with van der Waals surface area (Å²) in [6.45, 7) is 7.37. The van der Waals surface area contributed by atoms with Crippen LogP contribution >= 0.6 is 23.2 Å². The maximum atomic E-state index is 13.7. The van der Waals surface area contributed by atoms with E-state index in [4.69, 9.17) is 27.9 Å². The predicted molar refractivity (Wildman–Crippen MR) is 144 cm³/mol. The van der Waals surface area contributed by atoms with Gasteiger partial charge >= 0.3 is 0 Å². The van der Waals surface area contributed by atoms with Crippen LogP contribution in [0.4, 0.5) is 5.69 Å². The molecule has 1 unspecified atom stereocenters. The van der Waals surface area contributed by atoms with Gasteiger partial charge in [0.1, 0.15) is 18.3 Å². The van der Waals surface area contributed by atoms with Crippen LogP contribution in [0.3, 0.4) is 0 Å². The maximum Gasteiger partial charge on any atom is 0.244 e. The van der Waals surface area contributed by atoms with E-state index in [0.717, 1.165) is 10.6 Å². The van der Waals surface area contributed by atoms with Gasteiger partial charge < -0.3 is 15.0 Å². The summed E-state index contributed by atoms with van der Waals surface area (Å²) in [5.41, 5.74) is 0.682. The van der Waals surface area contributed by atoms with E-state index in [0.29, 0.717) is 34.5 Å². The summed E-state index contributed by atoms with van der Waals surface area (Å²) in [6, 6.07) is 10.6. The number of carbonyl (C=O) groups excluding carboxylic acids is 2. The van der Waals surface area contributed by atoms with E-state index < -0.39 is 28.5 Å². The fourth-order valence-electron chi connectivity index (χ4n) is 3.42. The van der Waals surface area contributed by atoms with Crippen molar-refractivity contribution in [3.63, 3.8) is 0 Å². The third-order valence-corrected chi connectivity index (χ3v) is 7.19. The first kappa shape index (κ1) is 29.7. The van der Waals surface area contributed by atoms with Crippen LogP contribution in [0.5, 0.6) is 5.75 Å². The van der Waals surface area contributed by atoms with Gasteiger partial charge in [-0.1, -0.05) is 55.2 Å². The van der Waals surface area contributed by atoms with Gasteiger partial charge in [0.25, 0.3) is 0 Å². The summed E-state index contributed by atoms with van der Waals surface area (Å²) in [5.74, 6) is -0.448. The second kappa shape index (κ2) is 13.2. The number of hydrogen-bond donors (Lipinski definition) is 1. The summed E-state index contributed by atoms with van der Waals surface area (Å²) >= 11 is 12.7. The van der Waals surface area contributed by atoms with E-state index in [1.54, 1.807) is 56.3 Å². The number of benzene rings is 2. The minimum absolute atomic E-state index is 0.0850. The van der Waals surface area contributed by atoms with Crippen molar-refractivity contribution in [2.75, 3.05) is 30.3 Å². The van der Waals surface area contributed by atoms with Gasteiger partial charge in [-0.2, -0.15) is 0 Å². The third kappa shape index (κ3) is 8.01. The van der Waals surface area contributed by atoms with Crippen LogP contribution < -0.4 is 14.4 Å². The zero-order valence-electron chi connectivity index (χ0n) is 21.1. The van der Waals surface area contributed by atoms with Gasteiger partial charge in [-0.15, -0.1) is 0 Å². The normalized spacial score (nSPS) is 12.2. The molecule has 0 saturated carbocycles. The number of anilines is 1. The van der Waals surface area contributed by atoms with Crippen LogP contribution in [0, 0.1) is 5.92 Å². The Hall–Kier alpha value is -2.49. The van der Waals surface area contributed by atoms with Crippen molar-refractivity contribution in [1.82, 2.24) is 10.2 Å². The summed E-state index contributed by atoms with van der Waals surface area (Å²) in [7, 11) is -3.89. The predicted octanol–water partition coefficient (Wildman–Crippen LogP) is 4.35. The molecule has 198 valence electrons. The van der Waals surface area contributed by atoms with Crippen LogP contribution in [-0.2, 0) is 26.2 Å². The number of hydrogen-bond acceptors (Lipinski definition) is 5. The SMILES string of the molecule is CCOc1ccccc1N(CC(=O)N(Cc1c(Cl)cccc1Cl)C(C)C(=O)NCC(C)C)S(C)(=O)=O. The topological polar surface area (TPSA) is 96.0 Å². The third-order valence-electron chi connectivity index (χ3n) is 5.35. The number of nitrogens with zero attached hydrogens (tertiary/aromatic N) is 2. The Morgan fingerprint density at radius 1 is 1.03 bits per heavy atom. The number of nitrogens with one attached hydrogen (secondary N) is 1. The molecule has 36 heavy (non-hydrogen) atoms. The highest BCUT2D eigenvalue weighted by Crippen LogP contribution is 2.31. The Morgan fingerprint density at radius 2 is 1.64 bits per heavy atom. The largest absolute Gasteiger partial charge is 0.492 e. The molecule has 0 heterocycles. The molecule has 0 radical (unpaired) electrons. The molecule has 2 rings (SSSR count). The minimum Gasteiger partial charge on any atom is -0.492 e. The first-order valence-corrected chi connectivity index (χ1v) is 14.2. The fraction of sp³-hybridized carbons (Fsp3) is 0.440. The van der Waals surface area contributed by atoms with E-state index in [1.807, 2.05) is 13.8 Å². The Kier molecular flexibility index (Phi) is 10.9. The minimum atomic E-state index is -3.89. The molecule has 0 saturated heterocycles. The highest BCUT2D eigenvalue weighted by Gasteiger charge is 2.31. The van der Waals surface area contributed by atoms with Gasteiger partial charge in [0.15, 0.2) is 0 Å². The van der Waals surface area contributed by atoms with Gasteiger partial charge in [-0.25, -0.2) is 8.42 Å². The Bertz CT molecular complexity index is 1150. The molecule has 2 aromatic rings. The summed E-state index contributed by atoms with van der Waals surface area (Å²) in [4.78, 5) is 27.9. The number of halogens is 2. The lowest BCUT2D eigenvalue weighted by molar-refractivity contribution is -0.139. The number of amides is 2. The first-order valence-electron chi connectivity index (χ1n) is 11.6. The Labute approximate surface area is 223 Å². The van der Waals surface area contributed by atoms with Crippen molar-refractivity contribution in [1.29, 1.82) is 0 Å². The average Bonchev–Trinajstić information content (AvgIpc) is 2.80. The molecule has 0 fully saturated rings. The molecule has 8 nitrogen and oxygen atoms in total. The summed E-state index contributed by atoms with van der Waals surface area (Å²) in [5, 5.41) is 3.48. The first-order chi connectivity index (χ1) is 16.9. The summed E-state index contributed by atoms with van der Waals surface area (Å²) < 4.78 is 32.1. The second-order valence-electron chi connectivity index (χ2n) is 8.71. The van der Waals surface area contributed by atoms with Crippen LogP contribution in [0.2, 0.25) is 10.0 Å². The van der Waals surface area contributed by atoms with Gasteiger partial charge in [0, 0.05) is 28.7 Å². The quantitative estimate of drug-likeness (QED) is 0.418. The van der Waals surface area contributed by atoms with Crippen molar-refractivity contribution in [2.45, 2.75) is 40.3 Å². The smallest absolute Gasteiger partial charge is 0.244 e. The standard InChI is InChI=1S/C25H33Cl2N3O5S/c1-6-35-23-13-8-7-12-22(23)30(36(5,33)34)16-24(31)29(18(4)25(32)28-14-17(2)3)15-19-20(26)10-9-11-21(19)27/h7-13,17-18H,6,14-16H2,1-5H3,(H,28,32). The van der Waals surface area contributed by atoms with Crippen molar-refractivity contribution >= 4 is 50.7 Å². The van der Waals surface area contributed by atoms with Crippen LogP contribution in [-0.4, -0.2) is 57.1 Å². The molecule has 1 atom stereocenters. The summed E-state index contributed by atoms with van der Waals surface area (Å²) in [6.07, 6.45) is 1.01. The lowest BCUT2D eigenvalue weighted by atomic mass is 10.1. The van der Waals surface area contributed by atoms with E-state index in [-0.39, 0.29) is 24.1 Å². The van der Waals surface area contributed by atoms with Gasteiger partial charge in [0.2, 0.25) is 21.8 Å². The average molecular weight is 559 g/mol. The number of sulfonamides is 1. The van der Waals surface area contributed by atoms with Crippen LogP contribution in [0.25, 0.3) is 0 Å². The number of ether oxygens (including phenoxy) is 1. The molecule has 0 aliphatic carbocycles. The number of carbonyl (C=O) groups is 2. The van der Waals surface area contributed by atoms with Crippen molar-refractivity contribution in [3.05, 3.63) is 58.1 Å². The Balaban J connectivity index is 2.47. The van der Waals surface area contributed by atoms with Gasteiger partial charge in [0.05, 0.1) is 18.6 Å². The van der Waals surface area contributed by atoms with Crippen molar-refractivity contribution in [2.24, 2.45) is 5.92 Å². The molecule has 0 aliphatic heterocycles. The van der Waals surface area contributed by atoms with Crippen molar-refractivity contribution in [3.8, 4) is 5.75 Å². The molecule has 2 aromatic carbocycles. The lowest BCUT2D eigenvalue weighted by Crippen LogP contribution is -2.51. The molecule has 0 bridgehead atoms. The van der Waals surface area contributed by atoms with Crippen molar-refractivity contribution < 1.29 is 22.7 Å². The second-order valence-corrected chi connectivity index (χ2v) is 11.4. The highest BCUT2D eigenvalue weighted by atomic mass is 35.5. The van der Waals surface area contributed by atoms with Crippen LogP contribution in [0.1, 0.15) is 33.3 Å². The van der Waals surface area contributed by atoms with E-state index in [2.05, 4.69) is 5.32 Å². The molecule has 0 aromatic heterocycles. The van der Waals surface area contributed by atoms with Crippen LogP contribution in [0.15, 0.2) is 42.5 Å².